The minimum Gasteiger partial charge on any atom is -0.321 e. The largest absolute Gasteiger partial charge is 0.321 e. The van der Waals surface area contributed by atoms with Crippen LogP contribution in [0, 0.1) is 0 Å². The van der Waals surface area contributed by atoms with Crippen molar-refractivity contribution in [1.82, 2.24) is 0 Å². The molecule has 18 heavy (non-hydrogen) atoms. The Hall–Kier alpha value is -1.93. The van der Waals surface area contributed by atoms with Crippen LogP contribution in [0.25, 0.3) is 0 Å². The topological polar surface area (TPSA) is 43.1 Å². The molecule has 2 aromatic rings. The lowest BCUT2D eigenvalue weighted by Gasteiger charge is -2.10. The third-order valence-electron chi connectivity index (χ3n) is 2.95. The maximum atomic E-state index is 10.5. The Morgan fingerprint density at radius 2 is 1.56 bits per heavy atom. The number of carbonyl (C=O) groups excluding carboxylic acids is 1. The van der Waals surface area contributed by atoms with Crippen molar-refractivity contribution in [3.63, 3.8) is 0 Å². The monoisotopic (exact) mass is 238 g/mol. The van der Waals surface area contributed by atoms with Gasteiger partial charge in [0.1, 0.15) is 0 Å². The molecule has 0 amide bonds. The molecule has 2 aromatic carbocycles. The summed E-state index contributed by atoms with van der Waals surface area (Å²) >= 11 is 0. The average Bonchev–Trinajstić information content (AvgIpc) is 2.42. The summed E-state index contributed by atoms with van der Waals surface area (Å²) in [5.41, 5.74) is 9.24. The third kappa shape index (κ3) is 3.28. The van der Waals surface area contributed by atoms with E-state index in [-0.39, 0.29) is 0 Å². The number of nitrogens with two attached hydrogens (primary N) is 1. The Balaban J connectivity index is 2.20. The van der Waals surface area contributed by atoms with Crippen molar-refractivity contribution in [3.05, 3.63) is 71.3 Å². The van der Waals surface area contributed by atoms with Crippen molar-refractivity contribution in [2.75, 3.05) is 0 Å². The predicted octanol–water partition coefficient (Wildman–Crippen LogP) is 2.26. The quantitative estimate of drug-likeness (QED) is 0.868. The average molecular weight is 238 g/mol. The van der Waals surface area contributed by atoms with Crippen LogP contribution in [-0.2, 0) is 17.6 Å². The molecule has 2 N–H and O–H groups in total. The Labute approximate surface area is 107 Å². The molecule has 0 spiro atoms. The lowest BCUT2D eigenvalue weighted by atomic mass is 9.96. The van der Waals surface area contributed by atoms with Gasteiger partial charge in [-0.15, -0.1) is 0 Å². The molecule has 1 atom stereocenters. The summed E-state index contributed by atoms with van der Waals surface area (Å²) < 4.78 is 0. The van der Waals surface area contributed by atoms with Gasteiger partial charge in [0.25, 0.3) is 0 Å². The van der Waals surface area contributed by atoms with E-state index in [9.17, 15) is 4.79 Å². The molecule has 0 fully saturated rings. The van der Waals surface area contributed by atoms with E-state index in [1.54, 1.807) is 0 Å². The molecular formula is C16H16NO. The van der Waals surface area contributed by atoms with Gasteiger partial charge >= 0.3 is 0 Å². The highest BCUT2D eigenvalue weighted by Crippen LogP contribution is 2.15. The van der Waals surface area contributed by atoms with Crippen LogP contribution < -0.4 is 5.73 Å². The van der Waals surface area contributed by atoms with Crippen molar-refractivity contribution in [1.29, 1.82) is 0 Å². The van der Waals surface area contributed by atoms with Gasteiger partial charge in [0.15, 0.2) is 0 Å². The van der Waals surface area contributed by atoms with Crippen LogP contribution in [0.4, 0.5) is 0 Å². The minimum absolute atomic E-state index is 0.540. The number of rotatable bonds is 5. The molecule has 0 saturated heterocycles. The molecule has 0 aromatic heterocycles. The van der Waals surface area contributed by atoms with Crippen LogP contribution in [0.3, 0.4) is 0 Å². The lowest BCUT2D eigenvalue weighted by molar-refractivity contribution is 0.540. The van der Waals surface area contributed by atoms with Crippen molar-refractivity contribution in [2.45, 2.75) is 18.9 Å². The summed E-state index contributed by atoms with van der Waals surface area (Å²) in [5.74, 6) is 0. The molecule has 0 aliphatic heterocycles. The molecule has 2 rings (SSSR count). The van der Waals surface area contributed by atoms with Gasteiger partial charge in [-0.25, -0.2) is 0 Å². The van der Waals surface area contributed by atoms with Crippen molar-refractivity contribution < 1.29 is 4.79 Å². The molecular weight excluding hydrogens is 222 g/mol. The first kappa shape index (κ1) is 12.5. The van der Waals surface area contributed by atoms with Crippen LogP contribution in [0.15, 0.2) is 54.6 Å². The van der Waals surface area contributed by atoms with E-state index < -0.39 is 6.04 Å². The zero-order chi connectivity index (χ0) is 12.8. The van der Waals surface area contributed by atoms with Gasteiger partial charge in [0.2, 0.25) is 6.29 Å². The minimum atomic E-state index is -0.540. The first-order valence-corrected chi connectivity index (χ1v) is 6.03. The van der Waals surface area contributed by atoms with Gasteiger partial charge in [-0.3, -0.25) is 4.79 Å². The molecule has 91 valence electrons. The maximum absolute atomic E-state index is 10.5. The Bertz CT molecular complexity index is 508. The highest BCUT2D eigenvalue weighted by atomic mass is 16.1. The Morgan fingerprint density at radius 3 is 2.22 bits per heavy atom. The second-order valence-corrected chi connectivity index (χ2v) is 4.36. The highest BCUT2D eigenvalue weighted by Gasteiger charge is 2.07. The third-order valence-corrected chi connectivity index (χ3v) is 2.95. The molecule has 0 aliphatic carbocycles. The fourth-order valence-corrected chi connectivity index (χ4v) is 2.02. The number of benzene rings is 2. The van der Waals surface area contributed by atoms with Crippen LogP contribution in [0.5, 0.6) is 0 Å². The number of hydrogen-bond acceptors (Lipinski definition) is 2. The Morgan fingerprint density at radius 1 is 0.944 bits per heavy atom. The van der Waals surface area contributed by atoms with Gasteiger partial charge in [0.05, 0.1) is 6.04 Å². The molecule has 1 unspecified atom stereocenters. The van der Waals surface area contributed by atoms with E-state index >= 15 is 0 Å². The van der Waals surface area contributed by atoms with Crippen LogP contribution in [0.2, 0.25) is 0 Å². The summed E-state index contributed by atoms with van der Waals surface area (Å²) in [7, 11) is 0. The summed E-state index contributed by atoms with van der Waals surface area (Å²) in [6, 6.07) is 17.8. The van der Waals surface area contributed by atoms with E-state index in [0.29, 0.717) is 6.42 Å². The molecule has 1 radical (unpaired) electrons. The first-order chi connectivity index (χ1) is 8.79. The lowest BCUT2D eigenvalue weighted by Crippen LogP contribution is -2.24. The maximum Gasteiger partial charge on any atom is 0.217 e. The molecule has 0 saturated carbocycles. The summed E-state index contributed by atoms with van der Waals surface area (Å²) in [6.45, 7) is 0. The van der Waals surface area contributed by atoms with Crippen LogP contribution in [0.1, 0.15) is 16.7 Å². The van der Waals surface area contributed by atoms with Crippen LogP contribution >= 0.6 is 0 Å². The molecule has 0 aliphatic rings. The van der Waals surface area contributed by atoms with Gasteiger partial charge in [0, 0.05) is 0 Å². The smallest absolute Gasteiger partial charge is 0.217 e. The van der Waals surface area contributed by atoms with Crippen LogP contribution in [-0.4, -0.2) is 12.3 Å². The zero-order valence-corrected chi connectivity index (χ0v) is 10.2. The Kier molecular flexibility index (Phi) is 4.26. The summed E-state index contributed by atoms with van der Waals surface area (Å²) in [5, 5.41) is 0. The van der Waals surface area contributed by atoms with Gasteiger partial charge in [-0.1, -0.05) is 54.6 Å². The highest BCUT2D eigenvalue weighted by molar-refractivity contribution is 5.59. The second-order valence-electron chi connectivity index (χ2n) is 4.36. The normalized spacial score (nSPS) is 12.1. The molecule has 0 bridgehead atoms. The van der Waals surface area contributed by atoms with E-state index in [1.807, 2.05) is 42.7 Å². The van der Waals surface area contributed by atoms with Crippen molar-refractivity contribution in [2.24, 2.45) is 5.73 Å². The SMILES string of the molecule is NC([C]=O)Cc1ccccc1Cc1ccccc1. The molecule has 2 nitrogen and oxygen atoms in total. The first-order valence-electron chi connectivity index (χ1n) is 6.03. The number of hydrogen-bond donors (Lipinski definition) is 1. The van der Waals surface area contributed by atoms with Gasteiger partial charge in [-0.05, 0) is 29.5 Å². The van der Waals surface area contributed by atoms with E-state index in [4.69, 9.17) is 5.73 Å². The fourth-order valence-electron chi connectivity index (χ4n) is 2.02. The summed E-state index contributed by atoms with van der Waals surface area (Å²) in [6.07, 6.45) is 3.24. The fraction of sp³-hybridized carbons (Fsp3) is 0.188. The van der Waals surface area contributed by atoms with Crippen molar-refractivity contribution in [3.8, 4) is 0 Å². The standard InChI is InChI=1S/C16H16NO/c17-16(12-18)11-15-9-5-4-8-14(15)10-13-6-2-1-3-7-13/h1-9,16H,10-11,17H2. The molecule has 2 heteroatoms. The predicted molar refractivity (Wildman–Crippen MR) is 73.1 cm³/mol. The van der Waals surface area contributed by atoms with E-state index in [0.717, 1.165) is 12.0 Å². The summed E-state index contributed by atoms with van der Waals surface area (Å²) in [4.78, 5) is 10.5. The van der Waals surface area contributed by atoms with Crippen molar-refractivity contribution >= 4 is 6.29 Å². The van der Waals surface area contributed by atoms with Gasteiger partial charge in [-0.2, -0.15) is 0 Å². The van der Waals surface area contributed by atoms with Gasteiger partial charge < -0.3 is 5.73 Å². The van der Waals surface area contributed by atoms with E-state index in [1.165, 1.54) is 11.1 Å². The second kappa shape index (κ2) is 6.12. The molecule has 0 heterocycles. The van der Waals surface area contributed by atoms with E-state index in [2.05, 4.69) is 18.2 Å². The zero-order valence-electron chi connectivity index (χ0n) is 10.2.